The number of hydrogen-bond donors (Lipinski definition) is 3. The van der Waals surface area contributed by atoms with Crippen LogP contribution in [-0.4, -0.2) is 35.6 Å². The van der Waals surface area contributed by atoms with Gasteiger partial charge in [0.25, 0.3) is 5.91 Å². The van der Waals surface area contributed by atoms with Gasteiger partial charge in [0.1, 0.15) is 6.04 Å². The van der Waals surface area contributed by atoms with E-state index in [4.69, 9.17) is 5.11 Å². The number of carbonyl (C=O) groups is 2. The molecule has 2 unspecified atom stereocenters. The first-order valence-electron chi connectivity index (χ1n) is 5.80. The van der Waals surface area contributed by atoms with E-state index in [1.54, 1.807) is 19.1 Å². The maximum Gasteiger partial charge on any atom is 0.261 e. The van der Waals surface area contributed by atoms with Crippen LogP contribution in [0.15, 0.2) is 17.5 Å². The highest BCUT2D eigenvalue weighted by molar-refractivity contribution is 7.12. The van der Waals surface area contributed by atoms with Crippen LogP contribution in [0.3, 0.4) is 0 Å². The summed E-state index contributed by atoms with van der Waals surface area (Å²) < 4.78 is 0. The van der Waals surface area contributed by atoms with Crippen molar-refractivity contribution in [3.05, 3.63) is 22.4 Å². The lowest BCUT2D eigenvalue weighted by molar-refractivity contribution is -0.123. The Hall–Kier alpha value is -1.40. The minimum absolute atomic E-state index is 0.0252. The Morgan fingerprint density at radius 3 is 2.67 bits per heavy atom. The highest BCUT2D eigenvalue weighted by atomic mass is 32.1. The molecule has 0 radical (unpaired) electrons. The molecule has 1 rings (SSSR count). The zero-order chi connectivity index (χ0) is 13.5. The minimum atomic E-state index is -0.597. The van der Waals surface area contributed by atoms with Crippen LogP contribution >= 0.6 is 11.3 Å². The van der Waals surface area contributed by atoms with Gasteiger partial charge in [-0.1, -0.05) is 6.07 Å². The first-order chi connectivity index (χ1) is 8.54. The molecule has 0 aromatic carbocycles. The summed E-state index contributed by atoms with van der Waals surface area (Å²) >= 11 is 1.33. The summed E-state index contributed by atoms with van der Waals surface area (Å²) in [5.41, 5.74) is 0. The fourth-order valence-corrected chi connectivity index (χ4v) is 2.00. The normalized spacial score (nSPS) is 13.7. The minimum Gasteiger partial charge on any atom is -0.396 e. The third-order valence-electron chi connectivity index (χ3n) is 2.44. The predicted octanol–water partition coefficient (Wildman–Crippen LogP) is 0.754. The molecule has 5 nitrogen and oxygen atoms in total. The maximum atomic E-state index is 11.7. The number of thiophene rings is 1. The number of aliphatic hydroxyl groups excluding tert-OH is 1. The average Bonchev–Trinajstić information content (AvgIpc) is 2.82. The third-order valence-corrected chi connectivity index (χ3v) is 3.31. The Morgan fingerprint density at radius 1 is 1.39 bits per heavy atom. The Labute approximate surface area is 110 Å². The summed E-state index contributed by atoms with van der Waals surface area (Å²) in [5.74, 6) is -0.497. The van der Waals surface area contributed by atoms with Gasteiger partial charge in [0.2, 0.25) is 5.91 Å². The number of carbonyl (C=O) groups excluding carboxylic acids is 2. The van der Waals surface area contributed by atoms with Crippen molar-refractivity contribution in [1.29, 1.82) is 0 Å². The Bertz CT molecular complexity index is 392. The monoisotopic (exact) mass is 270 g/mol. The summed E-state index contributed by atoms with van der Waals surface area (Å²) in [4.78, 5) is 24.0. The van der Waals surface area contributed by atoms with E-state index in [0.717, 1.165) is 0 Å². The summed E-state index contributed by atoms with van der Waals surface area (Å²) in [6.45, 7) is 3.46. The summed E-state index contributed by atoms with van der Waals surface area (Å²) in [7, 11) is 0. The lowest BCUT2D eigenvalue weighted by Crippen LogP contribution is -2.47. The summed E-state index contributed by atoms with van der Waals surface area (Å²) in [6.07, 6.45) is 0.497. The molecule has 3 N–H and O–H groups in total. The molecule has 0 aliphatic heterocycles. The van der Waals surface area contributed by atoms with Crippen molar-refractivity contribution in [1.82, 2.24) is 10.6 Å². The molecule has 0 spiro atoms. The molecule has 100 valence electrons. The second kappa shape index (κ2) is 7.13. The molecule has 1 aromatic heterocycles. The SMILES string of the molecule is CC(CCO)NC(=O)C(C)NC(=O)c1cccs1. The highest BCUT2D eigenvalue weighted by Crippen LogP contribution is 2.08. The maximum absolute atomic E-state index is 11.7. The van der Waals surface area contributed by atoms with Crippen LogP contribution in [-0.2, 0) is 4.79 Å². The van der Waals surface area contributed by atoms with Crippen LogP contribution < -0.4 is 10.6 Å². The molecule has 1 heterocycles. The van der Waals surface area contributed by atoms with Crippen molar-refractivity contribution in [2.45, 2.75) is 32.4 Å². The van der Waals surface area contributed by atoms with E-state index in [9.17, 15) is 9.59 Å². The van der Waals surface area contributed by atoms with Crippen molar-refractivity contribution < 1.29 is 14.7 Å². The third kappa shape index (κ3) is 4.46. The molecule has 0 fully saturated rings. The van der Waals surface area contributed by atoms with Gasteiger partial charge in [-0.2, -0.15) is 0 Å². The average molecular weight is 270 g/mol. The first kappa shape index (κ1) is 14.7. The summed E-state index contributed by atoms with van der Waals surface area (Å²) in [5, 5.41) is 15.9. The number of hydrogen-bond acceptors (Lipinski definition) is 4. The van der Waals surface area contributed by atoms with Gasteiger partial charge in [0.05, 0.1) is 4.88 Å². The Morgan fingerprint density at radius 2 is 2.11 bits per heavy atom. The topological polar surface area (TPSA) is 78.4 Å². The van der Waals surface area contributed by atoms with E-state index in [-0.39, 0.29) is 24.5 Å². The van der Waals surface area contributed by atoms with E-state index in [1.807, 2.05) is 12.3 Å². The van der Waals surface area contributed by atoms with Gasteiger partial charge in [-0.05, 0) is 31.7 Å². The van der Waals surface area contributed by atoms with Crippen LogP contribution in [0.2, 0.25) is 0 Å². The van der Waals surface area contributed by atoms with Crippen molar-refractivity contribution in [3.8, 4) is 0 Å². The van der Waals surface area contributed by atoms with E-state index in [0.29, 0.717) is 11.3 Å². The van der Waals surface area contributed by atoms with E-state index < -0.39 is 6.04 Å². The standard InChI is InChI=1S/C12H18N2O3S/c1-8(5-6-15)13-11(16)9(2)14-12(17)10-4-3-7-18-10/h3-4,7-9,15H,5-6H2,1-2H3,(H,13,16)(H,14,17). The molecule has 0 bridgehead atoms. The van der Waals surface area contributed by atoms with Crippen LogP contribution in [0.4, 0.5) is 0 Å². The van der Waals surface area contributed by atoms with Gasteiger partial charge in [-0.25, -0.2) is 0 Å². The number of aliphatic hydroxyl groups is 1. The molecule has 2 atom stereocenters. The molecule has 0 saturated carbocycles. The number of nitrogens with one attached hydrogen (secondary N) is 2. The second-order valence-corrected chi connectivity index (χ2v) is 5.04. The highest BCUT2D eigenvalue weighted by Gasteiger charge is 2.18. The molecule has 1 aromatic rings. The smallest absolute Gasteiger partial charge is 0.261 e. The van der Waals surface area contributed by atoms with Crippen molar-refractivity contribution >= 4 is 23.2 Å². The Kier molecular flexibility index (Phi) is 5.80. The number of amides is 2. The van der Waals surface area contributed by atoms with Crippen LogP contribution in [0.25, 0.3) is 0 Å². The largest absolute Gasteiger partial charge is 0.396 e. The molecule has 2 amide bonds. The van der Waals surface area contributed by atoms with E-state index in [2.05, 4.69) is 10.6 Å². The van der Waals surface area contributed by atoms with Gasteiger partial charge in [0.15, 0.2) is 0 Å². The molecule has 0 aliphatic carbocycles. The van der Waals surface area contributed by atoms with Gasteiger partial charge in [0, 0.05) is 12.6 Å². The van der Waals surface area contributed by atoms with Crippen molar-refractivity contribution in [3.63, 3.8) is 0 Å². The quantitative estimate of drug-likeness (QED) is 0.714. The van der Waals surface area contributed by atoms with Crippen molar-refractivity contribution in [2.24, 2.45) is 0 Å². The van der Waals surface area contributed by atoms with Crippen LogP contribution in [0.5, 0.6) is 0 Å². The lowest BCUT2D eigenvalue weighted by Gasteiger charge is -2.17. The zero-order valence-electron chi connectivity index (χ0n) is 10.5. The van der Waals surface area contributed by atoms with E-state index in [1.165, 1.54) is 11.3 Å². The van der Waals surface area contributed by atoms with Gasteiger partial charge in [-0.3, -0.25) is 9.59 Å². The summed E-state index contributed by atoms with van der Waals surface area (Å²) in [6, 6.07) is 2.79. The van der Waals surface area contributed by atoms with Crippen LogP contribution in [0, 0.1) is 0 Å². The number of rotatable bonds is 6. The van der Waals surface area contributed by atoms with Crippen molar-refractivity contribution in [2.75, 3.05) is 6.61 Å². The molecular formula is C12H18N2O3S. The Balaban J connectivity index is 2.42. The molecule has 0 aliphatic rings. The molecule has 18 heavy (non-hydrogen) atoms. The lowest BCUT2D eigenvalue weighted by atomic mass is 10.2. The van der Waals surface area contributed by atoms with E-state index >= 15 is 0 Å². The molecule has 0 saturated heterocycles. The molecule has 6 heteroatoms. The fraction of sp³-hybridized carbons (Fsp3) is 0.500. The fourth-order valence-electron chi connectivity index (χ4n) is 1.37. The molecular weight excluding hydrogens is 252 g/mol. The van der Waals surface area contributed by atoms with Gasteiger partial charge >= 0.3 is 0 Å². The second-order valence-electron chi connectivity index (χ2n) is 4.09. The predicted molar refractivity (Wildman–Crippen MR) is 70.6 cm³/mol. The zero-order valence-corrected chi connectivity index (χ0v) is 11.3. The van der Waals surface area contributed by atoms with Crippen LogP contribution in [0.1, 0.15) is 29.9 Å². The van der Waals surface area contributed by atoms with Gasteiger partial charge in [-0.15, -0.1) is 11.3 Å². The first-order valence-corrected chi connectivity index (χ1v) is 6.68. The van der Waals surface area contributed by atoms with Gasteiger partial charge < -0.3 is 15.7 Å².